The van der Waals surface area contributed by atoms with E-state index in [-0.39, 0.29) is 17.9 Å². The molecular formula is C17H19N3O2S. The third kappa shape index (κ3) is 4.16. The number of hydrogen-bond acceptors (Lipinski definition) is 4. The lowest BCUT2D eigenvalue weighted by Crippen LogP contribution is -2.37. The van der Waals surface area contributed by atoms with Crippen molar-refractivity contribution >= 4 is 23.2 Å². The number of rotatable bonds is 6. The molecule has 1 aromatic carbocycles. The first-order valence-corrected chi connectivity index (χ1v) is 8.67. The zero-order valence-corrected chi connectivity index (χ0v) is 13.6. The van der Waals surface area contributed by atoms with Crippen molar-refractivity contribution in [3.8, 4) is 0 Å². The van der Waals surface area contributed by atoms with Crippen molar-refractivity contribution in [2.24, 2.45) is 0 Å². The van der Waals surface area contributed by atoms with Crippen LogP contribution >= 0.6 is 11.3 Å². The van der Waals surface area contributed by atoms with Crippen molar-refractivity contribution in [2.45, 2.75) is 25.3 Å². The number of thiazole rings is 1. The second-order valence-corrected chi connectivity index (χ2v) is 6.40. The Hall–Kier alpha value is -2.21. The number of aromatic nitrogens is 1. The van der Waals surface area contributed by atoms with Crippen molar-refractivity contribution in [3.05, 3.63) is 52.5 Å². The number of amides is 2. The van der Waals surface area contributed by atoms with Crippen LogP contribution in [-0.4, -0.2) is 40.8 Å². The number of carbonyl (C=O) groups excluding carboxylic acids is 2. The number of nitrogens with zero attached hydrogens (tertiary/aromatic N) is 2. The van der Waals surface area contributed by atoms with Crippen LogP contribution in [0.25, 0.3) is 0 Å². The average Bonchev–Trinajstić information content (AvgIpc) is 3.19. The number of likely N-dealkylation sites (tertiary alicyclic amines) is 1. The van der Waals surface area contributed by atoms with Gasteiger partial charge < -0.3 is 10.2 Å². The zero-order chi connectivity index (χ0) is 16.1. The van der Waals surface area contributed by atoms with Gasteiger partial charge in [-0.25, -0.2) is 4.98 Å². The summed E-state index contributed by atoms with van der Waals surface area (Å²) in [6.07, 6.45) is 2.27. The zero-order valence-electron chi connectivity index (χ0n) is 12.8. The van der Waals surface area contributed by atoms with Gasteiger partial charge in [0.2, 0.25) is 5.91 Å². The molecule has 0 bridgehead atoms. The molecule has 1 atom stereocenters. The largest absolute Gasteiger partial charge is 0.346 e. The molecule has 0 unspecified atom stereocenters. The minimum absolute atomic E-state index is 0.113. The molecule has 2 amide bonds. The van der Waals surface area contributed by atoms with Crippen molar-refractivity contribution < 1.29 is 9.59 Å². The standard InChI is InChI=1S/C17H19N3O2S/c21-16-9-14(19-17(22)15-11-23-12-18-15)10-20(16)8-4-7-13-5-2-1-3-6-13/h1-3,5-6,11-12,14H,4,7-10H2,(H,19,22)/t14-/m1/s1. The highest BCUT2D eigenvalue weighted by atomic mass is 32.1. The molecule has 1 aliphatic rings. The Labute approximate surface area is 139 Å². The van der Waals surface area contributed by atoms with Crippen molar-refractivity contribution in [1.29, 1.82) is 0 Å². The lowest BCUT2D eigenvalue weighted by atomic mass is 10.1. The van der Waals surface area contributed by atoms with Crippen LogP contribution in [0.1, 0.15) is 28.9 Å². The summed E-state index contributed by atoms with van der Waals surface area (Å²) in [4.78, 5) is 29.9. The maximum atomic E-state index is 12.1. The van der Waals surface area contributed by atoms with E-state index in [2.05, 4.69) is 22.4 Å². The molecule has 2 heterocycles. The van der Waals surface area contributed by atoms with Gasteiger partial charge in [0.15, 0.2) is 0 Å². The fourth-order valence-electron chi connectivity index (χ4n) is 2.79. The highest BCUT2D eigenvalue weighted by Gasteiger charge is 2.30. The third-order valence-electron chi connectivity index (χ3n) is 3.95. The Morgan fingerprint density at radius 1 is 1.35 bits per heavy atom. The van der Waals surface area contributed by atoms with Gasteiger partial charge in [-0.15, -0.1) is 11.3 Å². The van der Waals surface area contributed by atoms with Crippen molar-refractivity contribution in [2.75, 3.05) is 13.1 Å². The first-order valence-electron chi connectivity index (χ1n) is 7.73. The number of hydrogen-bond donors (Lipinski definition) is 1. The van der Waals surface area contributed by atoms with E-state index < -0.39 is 0 Å². The fourth-order valence-corrected chi connectivity index (χ4v) is 3.32. The molecule has 1 saturated heterocycles. The van der Waals surface area contributed by atoms with Gasteiger partial charge in [0.1, 0.15) is 5.69 Å². The summed E-state index contributed by atoms with van der Waals surface area (Å²) in [7, 11) is 0. The predicted octanol–water partition coefficient (Wildman–Crippen LogP) is 2.11. The topological polar surface area (TPSA) is 62.3 Å². The van der Waals surface area contributed by atoms with Crippen LogP contribution < -0.4 is 5.32 Å². The molecule has 1 N–H and O–H groups in total. The molecule has 1 aliphatic heterocycles. The normalized spacial score (nSPS) is 17.5. The monoisotopic (exact) mass is 329 g/mol. The van der Waals surface area contributed by atoms with Crippen molar-refractivity contribution in [3.63, 3.8) is 0 Å². The van der Waals surface area contributed by atoms with Crippen LogP contribution in [0.2, 0.25) is 0 Å². The van der Waals surface area contributed by atoms with E-state index in [0.29, 0.717) is 18.7 Å². The molecule has 0 aliphatic carbocycles. The summed E-state index contributed by atoms with van der Waals surface area (Å²) in [6, 6.07) is 10.1. The maximum absolute atomic E-state index is 12.1. The summed E-state index contributed by atoms with van der Waals surface area (Å²) < 4.78 is 0. The van der Waals surface area contributed by atoms with E-state index in [4.69, 9.17) is 0 Å². The van der Waals surface area contributed by atoms with Crippen molar-refractivity contribution in [1.82, 2.24) is 15.2 Å². The van der Waals surface area contributed by atoms with Gasteiger partial charge in [0, 0.05) is 24.9 Å². The van der Waals surface area contributed by atoms with E-state index in [1.807, 2.05) is 23.1 Å². The summed E-state index contributed by atoms with van der Waals surface area (Å²) in [6.45, 7) is 1.32. The summed E-state index contributed by atoms with van der Waals surface area (Å²) in [5.74, 6) is -0.0863. The Balaban J connectivity index is 1.45. The van der Waals surface area contributed by atoms with Gasteiger partial charge in [-0.2, -0.15) is 0 Å². The molecule has 0 spiro atoms. The quantitative estimate of drug-likeness (QED) is 0.883. The maximum Gasteiger partial charge on any atom is 0.271 e. The van der Waals surface area contributed by atoms with Crippen LogP contribution in [0.3, 0.4) is 0 Å². The first-order chi connectivity index (χ1) is 11.2. The lowest BCUT2D eigenvalue weighted by molar-refractivity contribution is -0.127. The first kappa shape index (κ1) is 15.7. The molecule has 1 fully saturated rings. The predicted molar refractivity (Wildman–Crippen MR) is 89.3 cm³/mol. The fraction of sp³-hybridized carbons (Fsp3) is 0.353. The number of carbonyl (C=O) groups is 2. The lowest BCUT2D eigenvalue weighted by Gasteiger charge is -2.17. The smallest absolute Gasteiger partial charge is 0.271 e. The second kappa shape index (κ2) is 7.37. The van der Waals surface area contributed by atoms with E-state index in [1.165, 1.54) is 16.9 Å². The molecule has 1 aromatic heterocycles. The van der Waals surface area contributed by atoms with Gasteiger partial charge >= 0.3 is 0 Å². The van der Waals surface area contributed by atoms with Crippen LogP contribution in [0, 0.1) is 0 Å². The highest BCUT2D eigenvalue weighted by molar-refractivity contribution is 7.07. The summed E-state index contributed by atoms with van der Waals surface area (Å²) >= 11 is 1.39. The third-order valence-corrected chi connectivity index (χ3v) is 4.54. The minimum Gasteiger partial charge on any atom is -0.346 e. The Morgan fingerprint density at radius 2 is 2.17 bits per heavy atom. The van der Waals surface area contributed by atoms with Crippen LogP contribution in [-0.2, 0) is 11.2 Å². The molecule has 6 heteroatoms. The highest BCUT2D eigenvalue weighted by Crippen LogP contribution is 2.13. The Bertz CT molecular complexity index is 658. The van der Waals surface area contributed by atoms with Gasteiger partial charge in [0.25, 0.3) is 5.91 Å². The van der Waals surface area contributed by atoms with E-state index in [9.17, 15) is 9.59 Å². The molecule has 23 heavy (non-hydrogen) atoms. The molecule has 0 saturated carbocycles. The Kier molecular flexibility index (Phi) is 5.02. The SMILES string of the molecule is O=C(N[C@@H]1CC(=O)N(CCCc2ccccc2)C1)c1cscn1. The van der Waals surface area contributed by atoms with E-state index in [0.717, 1.165) is 19.4 Å². The van der Waals surface area contributed by atoms with Crippen LogP contribution in [0.4, 0.5) is 0 Å². The van der Waals surface area contributed by atoms with E-state index >= 15 is 0 Å². The summed E-state index contributed by atoms with van der Waals surface area (Å²) in [5.41, 5.74) is 3.34. The average molecular weight is 329 g/mol. The van der Waals surface area contributed by atoms with E-state index in [1.54, 1.807) is 10.9 Å². The van der Waals surface area contributed by atoms with Gasteiger partial charge in [-0.1, -0.05) is 30.3 Å². The Morgan fingerprint density at radius 3 is 2.91 bits per heavy atom. The minimum atomic E-state index is -0.199. The number of benzene rings is 1. The molecule has 120 valence electrons. The molecule has 2 aromatic rings. The van der Waals surface area contributed by atoms with Gasteiger partial charge in [-0.05, 0) is 18.4 Å². The molecule has 5 nitrogen and oxygen atoms in total. The number of aryl methyl sites for hydroxylation is 1. The molecular weight excluding hydrogens is 310 g/mol. The second-order valence-electron chi connectivity index (χ2n) is 5.68. The van der Waals surface area contributed by atoms with Crippen LogP contribution in [0.5, 0.6) is 0 Å². The molecule has 3 rings (SSSR count). The van der Waals surface area contributed by atoms with Gasteiger partial charge in [0.05, 0.1) is 11.6 Å². The molecule has 0 radical (unpaired) electrons. The van der Waals surface area contributed by atoms with Crippen LogP contribution in [0.15, 0.2) is 41.2 Å². The van der Waals surface area contributed by atoms with Gasteiger partial charge in [-0.3, -0.25) is 9.59 Å². The number of nitrogens with one attached hydrogen (secondary N) is 1. The summed E-state index contributed by atoms with van der Waals surface area (Å²) in [5, 5.41) is 4.60.